The number of carbonyl (C=O) groups is 2. The van der Waals surface area contributed by atoms with Gasteiger partial charge in [0.25, 0.3) is 5.91 Å². The van der Waals surface area contributed by atoms with Gasteiger partial charge in [0.2, 0.25) is 5.91 Å². The quantitative estimate of drug-likeness (QED) is 0.872. The summed E-state index contributed by atoms with van der Waals surface area (Å²) in [6.45, 7) is 7.25. The average molecular weight is 392 g/mol. The van der Waals surface area contributed by atoms with E-state index in [2.05, 4.69) is 35.3 Å². The molecule has 29 heavy (non-hydrogen) atoms. The first-order valence-electron chi connectivity index (χ1n) is 10.5. The van der Waals surface area contributed by atoms with E-state index in [1.165, 1.54) is 16.7 Å². The van der Waals surface area contributed by atoms with Crippen LogP contribution < -0.4 is 5.32 Å². The van der Waals surface area contributed by atoms with Crippen molar-refractivity contribution in [2.75, 3.05) is 32.7 Å². The predicted molar refractivity (Wildman–Crippen MR) is 114 cm³/mol. The summed E-state index contributed by atoms with van der Waals surface area (Å²) in [7, 11) is 0. The van der Waals surface area contributed by atoms with Gasteiger partial charge in [0.1, 0.15) is 0 Å². The van der Waals surface area contributed by atoms with Gasteiger partial charge in [-0.05, 0) is 61.1 Å². The lowest BCUT2D eigenvalue weighted by Gasteiger charge is -2.34. The molecule has 0 saturated carbocycles. The van der Waals surface area contributed by atoms with Crippen LogP contribution in [-0.4, -0.2) is 54.3 Å². The fourth-order valence-electron chi connectivity index (χ4n) is 4.32. The molecule has 1 N–H and O–H groups in total. The van der Waals surface area contributed by atoms with Crippen LogP contribution in [0.5, 0.6) is 0 Å². The van der Waals surface area contributed by atoms with Crippen molar-refractivity contribution >= 4 is 11.8 Å². The molecule has 2 aromatic rings. The molecular formula is C24H29N3O2. The number of benzene rings is 2. The SMILES string of the molecule is Cc1ccc(C(=O)N2CCN(CC(=O)NC3CCc4ccccc43)CC2)cc1C. The molecule has 2 aromatic carbocycles. The van der Waals surface area contributed by atoms with Crippen LogP contribution in [0.3, 0.4) is 0 Å². The molecule has 5 nitrogen and oxygen atoms in total. The Morgan fingerprint density at radius 2 is 1.76 bits per heavy atom. The molecule has 1 atom stereocenters. The maximum atomic E-state index is 12.8. The number of nitrogens with zero attached hydrogens (tertiary/aromatic N) is 2. The highest BCUT2D eigenvalue weighted by Crippen LogP contribution is 2.30. The first-order chi connectivity index (χ1) is 14.0. The maximum Gasteiger partial charge on any atom is 0.253 e. The Balaban J connectivity index is 1.27. The largest absolute Gasteiger partial charge is 0.348 e. The van der Waals surface area contributed by atoms with Crippen molar-refractivity contribution in [3.63, 3.8) is 0 Å². The van der Waals surface area contributed by atoms with Crippen molar-refractivity contribution in [3.8, 4) is 0 Å². The van der Waals surface area contributed by atoms with Crippen molar-refractivity contribution in [3.05, 3.63) is 70.3 Å². The van der Waals surface area contributed by atoms with Gasteiger partial charge >= 0.3 is 0 Å². The summed E-state index contributed by atoms with van der Waals surface area (Å²) in [4.78, 5) is 29.4. The molecule has 2 amide bonds. The zero-order valence-electron chi connectivity index (χ0n) is 17.3. The first kappa shape index (κ1) is 19.6. The molecule has 0 bridgehead atoms. The summed E-state index contributed by atoms with van der Waals surface area (Å²) in [6.07, 6.45) is 2.00. The van der Waals surface area contributed by atoms with Crippen LogP contribution in [0.15, 0.2) is 42.5 Å². The summed E-state index contributed by atoms with van der Waals surface area (Å²) in [6, 6.07) is 14.4. The second-order valence-electron chi connectivity index (χ2n) is 8.22. The Kier molecular flexibility index (Phi) is 5.67. The molecule has 1 aliphatic heterocycles. The number of amides is 2. The van der Waals surface area contributed by atoms with E-state index in [4.69, 9.17) is 0 Å². The number of hydrogen-bond donors (Lipinski definition) is 1. The Bertz CT molecular complexity index is 916. The fraction of sp³-hybridized carbons (Fsp3) is 0.417. The second-order valence-corrected chi connectivity index (χ2v) is 8.22. The highest BCUT2D eigenvalue weighted by Gasteiger charge is 2.26. The van der Waals surface area contributed by atoms with Gasteiger partial charge in [-0.2, -0.15) is 0 Å². The zero-order chi connectivity index (χ0) is 20.4. The van der Waals surface area contributed by atoms with Gasteiger partial charge in [0.15, 0.2) is 0 Å². The Labute approximate surface area is 172 Å². The molecule has 1 aliphatic carbocycles. The number of fused-ring (bicyclic) bond motifs is 1. The van der Waals surface area contributed by atoms with Crippen LogP contribution in [0.1, 0.15) is 45.1 Å². The zero-order valence-corrected chi connectivity index (χ0v) is 17.3. The molecule has 1 unspecified atom stereocenters. The van der Waals surface area contributed by atoms with Gasteiger partial charge in [0, 0.05) is 31.7 Å². The Hall–Kier alpha value is -2.66. The molecule has 0 aromatic heterocycles. The van der Waals surface area contributed by atoms with Gasteiger partial charge in [-0.1, -0.05) is 30.3 Å². The molecule has 1 fully saturated rings. The van der Waals surface area contributed by atoms with Gasteiger partial charge < -0.3 is 10.2 Å². The fourth-order valence-corrected chi connectivity index (χ4v) is 4.32. The number of carbonyl (C=O) groups excluding carboxylic acids is 2. The van der Waals surface area contributed by atoms with Crippen molar-refractivity contribution < 1.29 is 9.59 Å². The minimum atomic E-state index is 0.0700. The monoisotopic (exact) mass is 391 g/mol. The summed E-state index contributed by atoms with van der Waals surface area (Å²) >= 11 is 0. The Morgan fingerprint density at radius 3 is 2.52 bits per heavy atom. The lowest BCUT2D eigenvalue weighted by atomic mass is 10.1. The average Bonchev–Trinajstić information content (AvgIpc) is 3.13. The summed E-state index contributed by atoms with van der Waals surface area (Å²) in [5.41, 5.74) is 5.68. The van der Waals surface area contributed by atoms with Gasteiger partial charge in [-0.25, -0.2) is 0 Å². The number of aryl methyl sites for hydroxylation is 3. The molecule has 1 saturated heterocycles. The smallest absolute Gasteiger partial charge is 0.253 e. The Morgan fingerprint density at radius 1 is 1.00 bits per heavy atom. The topological polar surface area (TPSA) is 52.7 Å². The molecule has 0 radical (unpaired) electrons. The molecule has 0 spiro atoms. The van der Waals surface area contributed by atoms with Crippen molar-refractivity contribution in [1.29, 1.82) is 0 Å². The standard InChI is InChI=1S/C24H29N3O2/c1-17-7-8-20(15-18(17)2)24(29)27-13-11-26(12-14-27)16-23(28)25-22-10-9-19-5-3-4-6-21(19)22/h3-8,15,22H,9-14,16H2,1-2H3,(H,25,28). The van der Waals surface area contributed by atoms with Crippen LogP contribution >= 0.6 is 0 Å². The first-order valence-corrected chi connectivity index (χ1v) is 10.5. The molecule has 4 rings (SSSR count). The third kappa shape index (κ3) is 4.35. The van der Waals surface area contributed by atoms with Crippen LogP contribution in [0.4, 0.5) is 0 Å². The van der Waals surface area contributed by atoms with Crippen LogP contribution in [0.2, 0.25) is 0 Å². The van der Waals surface area contributed by atoms with Crippen LogP contribution in [0, 0.1) is 13.8 Å². The van der Waals surface area contributed by atoms with E-state index in [1.807, 2.05) is 36.1 Å². The highest BCUT2D eigenvalue weighted by molar-refractivity contribution is 5.94. The number of rotatable bonds is 4. The molecule has 5 heteroatoms. The third-order valence-electron chi connectivity index (χ3n) is 6.25. The summed E-state index contributed by atoms with van der Waals surface area (Å²) < 4.78 is 0. The van der Waals surface area contributed by atoms with Gasteiger partial charge in [-0.3, -0.25) is 14.5 Å². The van der Waals surface area contributed by atoms with Crippen molar-refractivity contribution in [2.45, 2.75) is 32.7 Å². The van der Waals surface area contributed by atoms with E-state index in [-0.39, 0.29) is 17.9 Å². The van der Waals surface area contributed by atoms with E-state index in [0.29, 0.717) is 19.6 Å². The number of nitrogens with one attached hydrogen (secondary N) is 1. The van der Waals surface area contributed by atoms with E-state index in [0.717, 1.165) is 37.1 Å². The van der Waals surface area contributed by atoms with Crippen LogP contribution in [-0.2, 0) is 11.2 Å². The third-order valence-corrected chi connectivity index (χ3v) is 6.25. The lowest BCUT2D eigenvalue weighted by molar-refractivity contribution is -0.123. The minimum Gasteiger partial charge on any atom is -0.348 e. The number of piperazine rings is 1. The number of hydrogen-bond acceptors (Lipinski definition) is 3. The molecular weight excluding hydrogens is 362 g/mol. The maximum absolute atomic E-state index is 12.8. The van der Waals surface area contributed by atoms with E-state index in [1.54, 1.807) is 0 Å². The molecule has 152 valence electrons. The molecule has 1 heterocycles. The van der Waals surface area contributed by atoms with Crippen molar-refractivity contribution in [2.24, 2.45) is 0 Å². The molecule has 2 aliphatic rings. The van der Waals surface area contributed by atoms with Crippen LogP contribution in [0.25, 0.3) is 0 Å². The predicted octanol–water partition coefficient (Wildman–Crippen LogP) is 2.86. The lowest BCUT2D eigenvalue weighted by Crippen LogP contribution is -2.51. The summed E-state index contributed by atoms with van der Waals surface area (Å²) in [5, 5.41) is 3.19. The van der Waals surface area contributed by atoms with Crippen molar-refractivity contribution in [1.82, 2.24) is 15.1 Å². The minimum absolute atomic E-state index is 0.0700. The highest BCUT2D eigenvalue weighted by atomic mass is 16.2. The van der Waals surface area contributed by atoms with Gasteiger partial charge in [0.05, 0.1) is 12.6 Å². The normalized spacial score (nSPS) is 19.1. The van der Waals surface area contributed by atoms with E-state index < -0.39 is 0 Å². The van der Waals surface area contributed by atoms with Gasteiger partial charge in [-0.15, -0.1) is 0 Å². The summed E-state index contributed by atoms with van der Waals surface area (Å²) in [5.74, 6) is 0.153. The van der Waals surface area contributed by atoms with E-state index in [9.17, 15) is 9.59 Å². The van der Waals surface area contributed by atoms with E-state index >= 15 is 0 Å². The second kappa shape index (κ2) is 8.37.